The Kier molecular flexibility index (Phi) is 4.89. The zero-order chi connectivity index (χ0) is 17.9. The third-order valence-corrected chi connectivity index (χ3v) is 5.18. The highest BCUT2D eigenvalue weighted by Gasteiger charge is 2.21. The standard InChI is InChI=1S/C21H26N4O/c1-3-25-15-17(12-23-25)14-24-8-5-20(6-9-24)26-21-11-18-4-7-22-13-19(18)10-16(21)2/h4,7,10-13,15,20H,3,5-6,8-9,14H2,1-2H3. The normalized spacial score (nSPS) is 16.2. The lowest BCUT2D eigenvalue weighted by molar-refractivity contribution is 0.0963. The molecule has 3 aromatic rings. The highest BCUT2D eigenvalue weighted by molar-refractivity contribution is 5.84. The van der Waals surface area contributed by atoms with Gasteiger partial charge in [-0.25, -0.2) is 0 Å². The van der Waals surface area contributed by atoms with Gasteiger partial charge in [0.2, 0.25) is 0 Å². The van der Waals surface area contributed by atoms with Crippen molar-refractivity contribution in [3.8, 4) is 5.75 Å². The Labute approximate surface area is 154 Å². The first-order chi connectivity index (χ1) is 12.7. The lowest BCUT2D eigenvalue weighted by Crippen LogP contribution is -2.37. The summed E-state index contributed by atoms with van der Waals surface area (Å²) < 4.78 is 8.34. The molecule has 1 saturated heterocycles. The highest BCUT2D eigenvalue weighted by atomic mass is 16.5. The summed E-state index contributed by atoms with van der Waals surface area (Å²) in [5, 5.41) is 6.72. The number of ether oxygens (including phenoxy) is 1. The topological polar surface area (TPSA) is 43.2 Å². The van der Waals surface area contributed by atoms with Gasteiger partial charge in [-0.15, -0.1) is 0 Å². The monoisotopic (exact) mass is 350 g/mol. The number of likely N-dealkylation sites (tertiary alicyclic amines) is 1. The van der Waals surface area contributed by atoms with E-state index < -0.39 is 0 Å². The molecule has 5 heteroatoms. The van der Waals surface area contributed by atoms with Crippen LogP contribution in [-0.2, 0) is 13.1 Å². The van der Waals surface area contributed by atoms with E-state index in [1.807, 2.05) is 29.3 Å². The minimum absolute atomic E-state index is 0.294. The third kappa shape index (κ3) is 3.73. The molecule has 136 valence electrons. The molecule has 1 aromatic carbocycles. The minimum Gasteiger partial charge on any atom is -0.490 e. The van der Waals surface area contributed by atoms with Gasteiger partial charge in [-0.2, -0.15) is 5.10 Å². The lowest BCUT2D eigenvalue weighted by atomic mass is 10.1. The Morgan fingerprint density at radius 1 is 1.15 bits per heavy atom. The van der Waals surface area contributed by atoms with Gasteiger partial charge in [0.05, 0.1) is 6.20 Å². The third-order valence-electron chi connectivity index (χ3n) is 5.18. The fourth-order valence-electron chi connectivity index (χ4n) is 3.64. The van der Waals surface area contributed by atoms with Crippen molar-refractivity contribution in [1.29, 1.82) is 0 Å². The van der Waals surface area contributed by atoms with Crippen LogP contribution in [0.3, 0.4) is 0 Å². The molecule has 26 heavy (non-hydrogen) atoms. The molecule has 4 rings (SSSR count). The molecule has 0 atom stereocenters. The van der Waals surface area contributed by atoms with E-state index in [1.165, 1.54) is 21.9 Å². The van der Waals surface area contributed by atoms with Gasteiger partial charge in [0.1, 0.15) is 11.9 Å². The van der Waals surface area contributed by atoms with Crippen molar-refractivity contribution in [3.05, 3.63) is 54.1 Å². The van der Waals surface area contributed by atoms with Gasteiger partial charge in [0, 0.05) is 55.7 Å². The number of aromatic nitrogens is 3. The van der Waals surface area contributed by atoms with Gasteiger partial charge >= 0.3 is 0 Å². The molecule has 1 aliphatic rings. The Morgan fingerprint density at radius 3 is 2.77 bits per heavy atom. The van der Waals surface area contributed by atoms with Crippen molar-refractivity contribution in [2.45, 2.75) is 45.9 Å². The fraction of sp³-hybridized carbons (Fsp3) is 0.429. The first-order valence-electron chi connectivity index (χ1n) is 9.46. The number of pyridine rings is 1. The van der Waals surface area contributed by atoms with E-state index >= 15 is 0 Å². The number of aryl methyl sites for hydroxylation is 2. The van der Waals surface area contributed by atoms with Gasteiger partial charge in [-0.3, -0.25) is 14.6 Å². The largest absolute Gasteiger partial charge is 0.490 e. The number of fused-ring (bicyclic) bond motifs is 1. The van der Waals surface area contributed by atoms with Crippen LogP contribution in [0.5, 0.6) is 5.75 Å². The maximum atomic E-state index is 6.35. The summed E-state index contributed by atoms with van der Waals surface area (Å²) in [7, 11) is 0. The molecular weight excluding hydrogens is 324 g/mol. The van der Waals surface area contributed by atoms with E-state index in [1.54, 1.807) is 0 Å². The highest BCUT2D eigenvalue weighted by Crippen LogP contribution is 2.28. The Hall–Kier alpha value is -2.40. The van der Waals surface area contributed by atoms with Gasteiger partial charge in [0.25, 0.3) is 0 Å². The molecule has 0 bridgehead atoms. The van der Waals surface area contributed by atoms with Crippen molar-refractivity contribution < 1.29 is 4.74 Å². The summed E-state index contributed by atoms with van der Waals surface area (Å²) in [5.74, 6) is 1.01. The van der Waals surface area contributed by atoms with Gasteiger partial charge in [0.15, 0.2) is 0 Å². The van der Waals surface area contributed by atoms with E-state index in [4.69, 9.17) is 4.74 Å². The average Bonchev–Trinajstić information content (AvgIpc) is 3.11. The second-order valence-electron chi connectivity index (χ2n) is 7.14. The molecule has 5 nitrogen and oxygen atoms in total. The molecule has 0 aliphatic carbocycles. The maximum Gasteiger partial charge on any atom is 0.123 e. The Balaban J connectivity index is 1.35. The van der Waals surface area contributed by atoms with Crippen molar-refractivity contribution >= 4 is 10.8 Å². The first kappa shape index (κ1) is 17.0. The van der Waals surface area contributed by atoms with Crippen LogP contribution in [0.15, 0.2) is 43.0 Å². The van der Waals surface area contributed by atoms with Crippen LogP contribution in [-0.4, -0.2) is 38.9 Å². The van der Waals surface area contributed by atoms with Gasteiger partial charge < -0.3 is 4.74 Å². The Morgan fingerprint density at radius 2 is 2.00 bits per heavy atom. The molecule has 1 fully saturated rings. The first-order valence-corrected chi connectivity index (χ1v) is 9.46. The van der Waals surface area contributed by atoms with Crippen molar-refractivity contribution in [2.24, 2.45) is 0 Å². The smallest absolute Gasteiger partial charge is 0.123 e. The summed E-state index contributed by atoms with van der Waals surface area (Å²) >= 11 is 0. The molecule has 0 N–H and O–H groups in total. The number of benzene rings is 1. The van der Waals surface area contributed by atoms with Crippen LogP contribution >= 0.6 is 0 Å². The van der Waals surface area contributed by atoms with E-state index in [-0.39, 0.29) is 0 Å². The van der Waals surface area contributed by atoms with E-state index in [0.717, 1.165) is 44.8 Å². The number of rotatable bonds is 5. The van der Waals surface area contributed by atoms with Gasteiger partial charge in [-0.1, -0.05) is 0 Å². The summed E-state index contributed by atoms with van der Waals surface area (Å²) in [6, 6.07) is 6.36. The van der Waals surface area contributed by atoms with E-state index in [2.05, 4.69) is 47.2 Å². The second kappa shape index (κ2) is 7.46. The fourth-order valence-corrected chi connectivity index (χ4v) is 3.64. The van der Waals surface area contributed by atoms with Crippen LogP contribution in [0.1, 0.15) is 30.9 Å². The molecule has 0 saturated carbocycles. The Bertz CT molecular complexity index is 881. The number of hydrogen-bond donors (Lipinski definition) is 0. The van der Waals surface area contributed by atoms with Gasteiger partial charge in [-0.05, 0) is 55.8 Å². The summed E-state index contributed by atoms with van der Waals surface area (Å²) in [6.07, 6.45) is 10.3. The lowest BCUT2D eigenvalue weighted by Gasteiger charge is -2.32. The van der Waals surface area contributed by atoms with Crippen LogP contribution in [0, 0.1) is 6.92 Å². The number of hydrogen-bond acceptors (Lipinski definition) is 4. The molecular formula is C21H26N4O. The minimum atomic E-state index is 0.294. The van der Waals surface area contributed by atoms with Crippen LogP contribution in [0.2, 0.25) is 0 Å². The number of nitrogens with zero attached hydrogens (tertiary/aromatic N) is 4. The van der Waals surface area contributed by atoms with Crippen LogP contribution in [0.4, 0.5) is 0 Å². The zero-order valence-corrected chi connectivity index (χ0v) is 15.6. The maximum absolute atomic E-state index is 6.35. The van der Waals surface area contributed by atoms with Crippen molar-refractivity contribution in [1.82, 2.24) is 19.7 Å². The molecule has 2 aromatic heterocycles. The zero-order valence-electron chi connectivity index (χ0n) is 15.6. The van der Waals surface area contributed by atoms with Crippen molar-refractivity contribution in [2.75, 3.05) is 13.1 Å². The SMILES string of the molecule is CCn1cc(CN2CCC(Oc3cc4ccncc4cc3C)CC2)cn1. The average molecular weight is 350 g/mol. The second-order valence-corrected chi connectivity index (χ2v) is 7.14. The van der Waals surface area contributed by atoms with Crippen LogP contribution < -0.4 is 4.74 Å². The molecule has 0 spiro atoms. The van der Waals surface area contributed by atoms with E-state index in [0.29, 0.717) is 6.10 Å². The molecule has 0 unspecified atom stereocenters. The summed E-state index contributed by atoms with van der Waals surface area (Å²) in [6.45, 7) is 8.27. The quantitative estimate of drug-likeness (QED) is 0.702. The predicted octanol–water partition coefficient (Wildman–Crippen LogP) is 3.80. The van der Waals surface area contributed by atoms with E-state index in [9.17, 15) is 0 Å². The molecule has 1 aliphatic heterocycles. The van der Waals surface area contributed by atoms with Crippen LogP contribution in [0.25, 0.3) is 10.8 Å². The summed E-state index contributed by atoms with van der Waals surface area (Å²) in [5.41, 5.74) is 2.48. The van der Waals surface area contributed by atoms with Crippen molar-refractivity contribution in [3.63, 3.8) is 0 Å². The molecule has 3 heterocycles. The predicted molar refractivity (Wildman–Crippen MR) is 103 cm³/mol. The molecule has 0 amide bonds. The summed E-state index contributed by atoms with van der Waals surface area (Å²) in [4.78, 5) is 6.69. The molecule has 0 radical (unpaired) electrons. The number of piperidine rings is 1.